The van der Waals surface area contributed by atoms with Gasteiger partial charge in [0.1, 0.15) is 6.61 Å². The molecule has 1 atom stereocenters. The molecule has 0 bridgehead atoms. The van der Waals surface area contributed by atoms with Gasteiger partial charge in [0, 0.05) is 6.61 Å². The van der Waals surface area contributed by atoms with Gasteiger partial charge in [-0.15, -0.1) is 0 Å². The highest BCUT2D eigenvalue weighted by molar-refractivity contribution is 5.75. The van der Waals surface area contributed by atoms with Gasteiger partial charge in [0.25, 0.3) is 0 Å². The molecule has 158 valence electrons. The molecule has 0 saturated heterocycles. The van der Waals surface area contributed by atoms with Gasteiger partial charge in [0.05, 0.1) is 25.0 Å². The summed E-state index contributed by atoms with van der Waals surface area (Å²) in [7, 11) is 0. The second-order valence-corrected chi connectivity index (χ2v) is 7.73. The average Bonchev–Trinajstić information content (AvgIpc) is 2.70. The fourth-order valence-electron chi connectivity index (χ4n) is 3.45. The van der Waals surface area contributed by atoms with Crippen LogP contribution < -0.4 is 0 Å². The van der Waals surface area contributed by atoms with E-state index in [-0.39, 0.29) is 23.8 Å². The first-order chi connectivity index (χ1) is 13.1. The Bertz CT molecular complexity index is 402. The van der Waals surface area contributed by atoms with Crippen LogP contribution in [0.3, 0.4) is 0 Å². The number of carbonyl (C=O) groups is 2. The van der Waals surface area contributed by atoms with Crippen LogP contribution in [0.25, 0.3) is 0 Å². The molecule has 5 heteroatoms. The molecule has 0 aromatic rings. The third-order valence-corrected chi connectivity index (χ3v) is 5.51. The zero-order valence-electron chi connectivity index (χ0n) is 17.7. The van der Waals surface area contributed by atoms with Crippen LogP contribution in [0.15, 0.2) is 0 Å². The van der Waals surface area contributed by atoms with Crippen molar-refractivity contribution in [2.75, 3.05) is 26.4 Å². The van der Waals surface area contributed by atoms with Crippen molar-refractivity contribution < 1.29 is 23.8 Å². The van der Waals surface area contributed by atoms with Crippen LogP contribution in [0, 0.1) is 17.8 Å². The second-order valence-electron chi connectivity index (χ2n) is 7.73. The number of rotatable bonds is 14. The van der Waals surface area contributed by atoms with Gasteiger partial charge in [-0.2, -0.15) is 0 Å². The maximum absolute atomic E-state index is 12.3. The van der Waals surface area contributed by atoms with Crippen molar-refractivity contribution in [1.29, 1.82) is 0 Å². The van der Waals surface area contributed by atoms with E-state index >= 15 is 0 Å². The van der Waals surface area contributed by atoms with Crippen LogP contribution >= 0.6 is 0 Å². The summed E-state index contributed by atoms with van der Waals surface area (Å²) in [6.07, 6.45) is 9.53. The van der Waals surface area contributed by atoms with Gasteiger partial charge in [-0.05, 0) is 44.4 Å². The standard InChI is InChI=1S/C22H40O5/c1-4-7-9-18(6-3)17-27-22(24)20-12-10-19(11-13-20)21(23)26-16-15-25-14-8-5-2/h18-20H,4-17H2,1-3H3. The molecule has 0 N–H and O–H groups in total. The van der Waals surface area contributed by atoms with Crippen molar-refractivity contribution >= 4 is 11.9 Å². The molecular weight excluding hydrogens is 344 g/mol. The van der Waals surface area contributed by atoms with Crippen molar-refractivity contribution in [1.82, 2.24) is 0 Å². The third kappa shape index (κ3) is 10.1. The summed E-state index contributed by atoms with van der Waals surface area (Å²) in [4.78, 5) is 24.4. The summed E-state index contributed by atoms with van der Waals surface area (Å²) in [6.45, 7) is 8.49. The Hall–Kier alpha value is -1.10. The lowest BCUT2D eigenvalue weighted by Crippen LogP contribution is -2.29. The van der Waals surface area contributed by atoms with E-state index in [9.17, 15) is 9.59 Å². The largest absolute Gasteiger partial charge is 0.465 e. The Morgan fingerprint density at radius 1 is 0.815 bits per heavy atom. The van der Waals surface area contributed by atoms with Gasteiger partial charge in [0.15, 0.2) is 0 Å². The zero-order chi connectivity index (χ0) is 19.9. The van der Waals surface area contributed by atoms with Crippen LogP contribution in [-0.4, -0.2) is 38.4 Å². The van der Waals surface area contributed by atoms with Crippen LogP contribution in [-0.2, 0) is 23.8 Å². The summed E-state index contributed by atoms with van der Waals surface area (Å²) < 4.78 is 16.3. The molecular formula is C22H40O5. The molecule has 1 rings (SSSR count). The summed E-state index contributed by atoms with van der Waals surface area (Å²) in [5, 5.41) is 0. The minimum absolute atomic E-state index is 0.0601. The molecule has 0 heterocycles. The Balaban J connectivity index is 2.18. The lowest BCUT2D eigenvalue weighted by molar-refractivity contribution is -0.156. The minimum Gasteiger partial charge on any atom is -0.465 e. The van der Waals surface area contributed by atoms with E-state index in [2.05, 4.69) is 20.8 Å². The van der Waals surface area contributed by atoms with Gasteiger partial charge in [-0.3, -0.25) is 9.59 Å². The Kier molecular flexibility index (Phi) is 13.2. The molecule has 0 aromatic heterocycles. The van der Waals surface area contributed by atoms with Gasteiger partial charge < -0.3 is 14.2 Å². The van der Waals surface area contributed by atoms with Crippen molar-refractivity contribution in [2.24, 2.45) is 17.8 Å². The SMILES string of the molecule is CCCCOCCOC(=O)C1CCC(C(=O)OCC(CC)CCCC)CC1. The highest BCUT2D eigenvalue weighted by Gasteiger charge is 2.31. The number of ether oxygens (including phenoxy) is 3. The molecule has 0 radical (unpaired) electrons. The van der Waals surface area contributed by atoms with Crippen LogP contribution in [0.5, 0.6) is 0 Å². The van der Waals surface area contributed by atoms with Crippen LogP contribution in [0.4, 0.5) is 0 Å². The molecule has 1 aliphatic carbocycles. The number of carbonyl (C=O) groups excluding carboxylic acids is 2. The number of hydrogen-bond acceptors (Lipinski definition) is 5. The number of unbranched alkanes of at least 4 members (excludes halogenated alkanes) is 2. The predicted molar refractivity (Wildman–Crippen MR) is 106 cm³/mol. The highest BCUT2D eigenvalue weighted by atomic mass is 16.6. The molecule has 1 aliphatic rings. The normalized spacial score (nSPS) is 20.9. The lowest BCUT2D eigenvalue weighted by atomic mass is 9.82. The fraction of sp³-hybridized carbons (Fsp3) is 0.909. The molecule has 1 unspecified atom stereocenters. The Labute approximate surface area is 165 Å². The topological polar surface area (TPSA) is 61.8 Å². The molecule has 0 aliphatic heterocycles. The average molecular weight is 385 g/mol. The van der Waals surface area contributed by atoms with E-state index < -0.39 is 0 Å². The first-order valence-electron chi connectivity index (χ1n) is 11.0. The van der Waals surface area contributed by atoms with Gasteiger partial charge in [0.2, 0.25) is 0 Å². The molecule has 0 aromatic carbocycles. The van der Waals surface area contributed by atoms with Crippen molar-refractivity contribution in [3.63, 3.8) is 0 Å². The lowest BCUT2D eigenvalue weighted by Gasteiger charge is -2.26. The van der Waals surface area contributed by atoms with E-state index in [0.717, 1.165) is 45.1 Å². The van der Waals surface area contributed by atoms with E-state index in [1.165, 1.54) is 12.8 Å². The third-order valence-electron chi connectivity index (χ3n) is 5.51. The van der Waals surface area contributed by atoms with E-state index in [1.54, 1.807) is 0 Å². The quantitative estimate of drug-likeness (QED) is 0.314. The van der Waals surface area contributed by atoms with Gasteiger partial charge in [-0.25, -0.2) is 0 Å². The molecule has 27 heavy (non-hydrogen) atoms. The molecule has 0 spiro atoms. The fourth-order valence-corrected chi connectivity index (χ4v) is 3.45. The predicted octanol–water partition coefficient (Wildman–Crippen LogP) is 4.91. The van der Waals surface area contributed by atoms with E-state index in [4.69, 9.17) is 14.2 Å². The maximum atomic E-state index is 12.3. The van der Waals surface area contributed by atoms with Gasteiger partial charge in [-0.1, -0.05) is 46.5 Å². The Morgan fingerprint density at radius 3 is 1.96 bits per heavy atom. The first-order valence-corrected chi connectivity index (χ1v) is 11.0. The molecule has 0 amide bonds. The van der Waals surface area contributed by atoms with E-state index in [1.807, 2.05) is 0 Å². The molecule has 1 saturated carbocycles. The number of hydrogen-bond donors (Lipinski definition) is 0. The monoisotopic (exact) mass is 384 g/mol. The summed E-state index contributed by atoms with van der Waals surface area (Å²) in [6, 6.07) is 0. The smallest absolute Gasteiger partial charge is 0.309 e. The summed E-state index contributed by atoms with van der Waals surface area (Å²) in [5.41, 5.74) is 0. The summed E-state index contributed by atoms with van der Waals surface area (Å²) in [5.74, 6) is 0.0973. The maximum Gasteiger partial charge on any atom is 0.309 e. The molecule has 5 nitrogen and oxygen atoms in total. The van der Waals surface area contributed by atoms with E-state index in [0.29, 0.717) is 38.6 Å². The van der Waals surface area contributed by atoms with Crippen LogP contribution in [0.2, 0.25) is 0 Å². The first kappa shape index (κ1) is 23.9. The minimum atomic E-state index is -0.147. The van der Waals surface area contributed by atoms with Crippen molar-refractivity contribution in [3.8, 4) is 0 Å². The van der Waals surface area contributed by atoms with Crippen molar-refractivity contribution in [3.05, 3.63) is 0 Å². The Morgan fingerprint density at radius 2 is 1.41 bits per heavy atom. The molecule has 1 fully saturated rings. The number of esters is 2. The second kappa shape index (κ2) is 14.9. The van der Waals surface area contributed by atoms with Gasteiger partial charge >= 0.3 is 11.9 Å². The zero-order valence-corrected chi connectivity index (χ0v) is 17.7. The summed E-state index contributed by atoms with van der Waals surface area (Å²) >= 11 is 0. The van der Waals surface area contributed by atoms with Crippen molar-refractivity contribution in [2.45, 2.75) is 85.0 Å². The van der Waals surface area contributed by atoms with Crippen LogP contribution in [0.1, 0.15) is 85.0 Å². The highest BCUT2D eigenvalue weighted by Crippen LogP contribution is 2.30.